The van der Waals surface area contributed by atoms with Gasteiger partial charge in [-0.2, -0.15) is 0 Å². The molecular weight excluding hydrogens is 162 g/mol. The maximum Gasteiger partial charge on any atom is 0.0612 e. The van der Waals surface area contributed by atoms with Crippen molar-refractivity contribution in [2.75, 3.05) is 20.2 Å². The Morgan fingerprint density at radius 1 is 1.23 bits per heavy atom. The predicted octanol–water partition coefficient (Wildman–Crippen LogP) is 2.27. The zero-order valence-electron chi connectivity index (χ0n) is 9.64. The summed E-state index contributed by atoms with van der Waals surface area (Å²) in [6, 6.07) is 0. The SMILES string of the molecule is CCCCC(C)(CO)N(C)CCC. The predicted molar refractivity (Wildman–Crippen MR) is 57.9 cm³/mol. The van der Waals surface area contributed by atoms with E-state index in [-0.39, 0.29) is 12.1 Å². The van der Waals surface area contributed by atoms with Crippen LogP contribution in [0.2, 0.25) is 0 Å². The van der Waals surface area contributed by atoms with Crippen LogP contribution in [0, 0.1) is 0 Å². The van der Waals surface area contributed by atoms with Crippen molar-refractivity contribution >= 4 is 0 Å². The lowest BCUT2D eigenvalue weighted by atomic mass is 9.94. The quantitative estimate of drug-likeness (QED) is 0.661. The summed E-state index contributed by atoms with van der Waals surface area (Å²) >= 11 is 0. The zero-order chi connectivity index (χ0) is 10.3. The Kier molecular flexibility index (Phi) is 6.35. The van der Waals surface area contributed by atoms with Crippen molar-refractivity contribution in [2.24, 2.45) is 0 Å². The van der Waals surface area contributed by atoms with Crippen LogP contribution in [0.3, 0.4) is 0 Å². The summed E-state index contributed by atoms with van der Waals surface area (Å²) in [5, 5.41) is 9.37. The highest BCUT2D eigenvalue weighted by atomic mass is 16.3. The van der Waals surface area contributed by atoms with Crippen molar-refractivity contribution in [3.8, 4) is 0 Å². The van der Waals surface area contributed by atoms with Gasteiger partial charge in [-0.15, -0.1) is 0 Å². The Labute approximate surface area is 82.9 Å². The van der Waals surface area contributed by atoms with Crippen LogP contribution in [0.25, 0.3) is 0 Å². The van der Waals surface area contributed by atoms with E-state index >= 15 is 0 Å². The molecule has 80 valence electrons. The molecule has 0 aromatic rings. The Morgan fingerprint density at radius 3 is 2.23 bits per heavy atom. The summed E-state index contributed by atoms with van der Waals surface area (Å²) in [7, 11) is 2.11. The van der Waals surface area contributed by atoms with Crippen molar-refractivity contribution in [3.63, 3.8) is 0 Å². The lowest BCUT2D eigenvalue weighted by molar-refractivity contribution is 0.0548. The number of aliphatic hydroxyl groups excluding tert-OH is 1. The summed E-state index contributed by atoms with van der Waals surface area (Å²) in [5.41, 5.74) is -0.00792. The Morgan fingerprint density at radius 2 is 1.85 bits per heavy atom. The van der Waals surface area contributed by atoms with E-state index in [1.54, 1.807) is 0 Å². The average molecular weight is 187 g/mol. The Balaban J connectivity index is 4.07. The second-order valence-electron chi connectivity index (χ2n) is 4.18. The van der Waals surface area contributed by atoms with Crippen molar-refractivity contribution in [1.29, 1.82) is 0 Å². The van der Waals surface area contributed by atoms with Gasteiger partial charge in [-0.3, -0.25) is 4.90 Å². The largest absolute Gasteiger partial charge is 0.394 e. The first-order valence-electron chi connectivity index (χ1n) is 5.42. The molecule has 0 aliphatic heterocycles. The maximum absolute atomic E-state index is 9.37. The van der Waals surface area contributed by atoms with Gasteiger partial charge in [-0.1, -0.05) is 26.7 Å². The third-order valence-corrected chi connectivity index (χ3v) is 2.89. The highest BCUT2D eigenvalue weighted by molar-refractivity contribution is 4.83. The second kappa shape index (κ2) is 6.39. The molecule has 0 saturated carbocycles. The molecule has 2 heteroatoms. The van der Waals surface area contributed by atoms with Crippen LogP contribution in [-0.2, 0) is 0 Å². The third-order valence-electron chi connectivity index (χ3n) is 2.89. The maximum atomic E-state index is 9.37. The number of hydrogen-bond donors (Lipinski definition) is 1. The van der Waals surface area contributed by atoms with Crippen LogP contribution in [0.15, 0.2) is 0 Å². The topological polar surface area (TPSA) is 23.5 Å². The summed E-state index contributed by atoms with van der Waals surface area (Å²) in [6.45, 7) is 7.86. The molecule has 0 amide bonds. The summed E-state index contributed by atoms with van der Waals surface area (Å²) in [6.07, 6.45) is 4.65. The molecule has 1 atom stereocenters. The molecule has 0 bridgehead atoms. The molecule has 0 saturated heterocycles. The molecule has 0 aliphatic rings. The first-order valence-corrected chi connectivity index (χ1v) is 5.42. The molecule has 0 heterocycles. The van der Waals surface area contributed by atoms with Crippen LogP contribution in [0.5, 0.6) is 0 Å². The van der Waals surface area contributed by atoms with Gasteiger partial charge < -0.3 is 5.11 Å². The number of rotatable bonds is 7. The lowest BCUT2D eigenvalue weighted by Gasteiger charge is -2.37. The molecule has 1 N–H and O–H groups in total. The molecule has 0 aromatic heterocycles. The number of unbranched alkanes of at least 4 members (excludes halogenated alkanes) is 1. The van der Waals surface area contributed by atoms with Crippen LogP contribution >= 0.6 is 0 Å². The highest BCUT2D eigenvalue weighted by Gasteiger charge is 2.26. The molecule has 13 heavy (non-hydrogen) atoms. The van der Waals surface area contributed by atoms with E-state index in [9.17, 15) is 5.11 Å². The number of likely N-dealkylation sites (N-methyl/N-ethyl adjacent to an activating group) is 1. The van der Waals surface area contributed by atoms with Gasteiger partial charge in [0.1, 0.15) is 0 Å². The van der Waals surface area contributed by atoms with E-state index < -0.39 is 0 Å². The molecular formula is C11H25NO. The minimum atomic E-state index is -0.00792. The summed E-state index contributed by atoms with van der Waals surface area (Å²) in [5.74, 6) is 0. The lowest BCUT2D eigenvalue weighted by Crippen LogP contribution is -2.47. The number of hydrogen-bond acceptors (Lipinski definition) is 2. The Hall–Kier alpha value is -0.0800. The molecule has 0 spiro atoms. The highest BCUT2D eigenvalue weighted by Crippen LogP contribution is 2.20. The minimum Gasteiger partial charge on any atom is -0.394 e. The van der Waals surface area contributed by atoms with Crippen LogP contribution < -0.4 is 0 Å². The van der Waals surface area contributed by atoms with Gasteiger partial charge in [0.2, 0.25) is 0 Å². The fourth-order valence-corrected chi connectivity index (χ4v) is 1.55. The normalized spacial score (nSPS) is 16.2. The van der Waals surface area contributed by atoms with Crippen LogP contribution in [0.4, 0.5) is 0 Å². The van der Waals surface area contributed by atoms with E-state index in [1.807, 2.05) is 0 Å². The van der Waals surface area contributed by atoms with E-state index in [0.717, 1.165) is 19.4 Å². The first kappa shape index (κ1) is 12.9. The summed E-state index contributed by atoms with van der Waals surface area (Å²) < 4.78 is 0. The Bertz CT molecular complexity index is 127. The van der Waals surface area contributed by atoms with Crippen molar-refractivity contribution in [2.45, 2.75) is 52.0 Å². The van der Waals surface area contributed by atoms with E-state index in [0.29, 0.717) is 0 Å². The second-order valence-corrected chi connectivity index (χ2v) is 4.18. The molecule has 2 nitrogen and oxygen atoms in total. The van der Waals surface area contributed by atoms with E-state index in [1.165, 1.54) is 12.8 Å². The minimum absolute atomic E-state index is 0.00792. The van der Waals surface area contributed by atoms with Gasteiger partial charge in [0.05, 0.1) is 6.61 Å². The third kappa shape index (κ3) is 4.10. The van der Waals surface area contributed by atoms with Gasteiger partial charge in [0, 0.05) is 5.54 Å². The van der Waals surface area contributed by atoms with Gasteiger partial charge in [-0.25, -0.2) is 0 Å². The average Bonchev–Trinajstić information content (AvgIpc) is 2.14. The molecule has 0 aromatic carbocycles. The zero-order valence-corrected chi connectivity index (χ0v) is 9.64. The smallest absolute Gasteiger partial charge is 0.0612 e. The van der Waals surface area contributed by atoms with E-state index in [2.05, 4.69) is 32.7 Å². The van der Waals surface area contributed by atoms with Crippen LogP contribution in [0.1, 0.15) is 46.5 Å². The van der Waals surface area contributed by atoms with Gasteiger partial charge in [0.25, 0.3) is 0 Å². The standard InChI is InChI=1S/C11H25NO/c1-5-7-8-11(3,10-13)12(4)9-6-2/h13H,5-10H2,1-4H3. The first-order chi connectivity index (χ1) is 6.10. The van der Waals surface area contributed by atoms with Crippen molar-refractivity contribution in [1.82, 2.24) is 4.90 Å². The molecule has 0 radical (unpaired) electrons. The van der Waals surface area contributed by atoms with Crippen molar-refractivity contribution < 1.29 is 5.11 Å². The van der Waals surface area contributed by atoms with Gasteiger partial charge in [0.15, 0.2) is 0 Å². The van der Waals surface area contributed by atoms with Gasteiger partial charge in [-0.05, 0) is 33.4 Å². The summed E-state index contributed by atoms with van der Waals surface area (Å²) in [4.78, 5) is 2.28. The van der Waals surface area contributed by atoms with Crippen molar-refractivity contribution in [3.05, 3.63) is 0 Å². The molecule has 0 rings (SSSR count). The number of nitrogens with zero attached hydrogens (tertiary/aromatic N) is 1. The van der Waals surface area contributed by atoms with E-state index in [4.69, 9.17) is 0 Å². The molecule has 1 unspecified atom stereocenters. The van der Waals surface area contributed by atoms with Crippen LogP contribution in [-0.4, -0.2) is 35.7 Å². The number of aliphatic hydroxyl groups is 1. The van der Waals surface area contributed by atoms with Gasteiger partial charge >= 0.3 is 0 Å². The fraction of sp³-hybridized carbons (Fsp3) is 1.00. The monoisotopic (exact) mass is 187 g/mol. The fourth-order valence-electron chi connectivity index (χ4n) is 1.55. The molecule has 0 fully saturated rings. The molecule has 0 aliphatic carbocycles.